The van der Waals surface area contributed by atoms with Gasteiger partial charge in [0.1, 0.15) is 12.1 Å². The van der Waals surface area contributed by atoms with Gasteiger partial charge in [-0.15, -0.1) is 0 Å². The lowest BCUT2D eigenvalue weighted by atomic mass is 9.92. The van der Waals surface area contributed by atoms with Gasteiger partial charge < -0.3 is 10.3 Å². The summed E-state index contributed by atoms with van der Waals surface area (Å²) in [5.74, 6) is 0.374. The summed E-state index contributed by atoms with van der Waals surface area (Å²) >= 11 is 3.54. The number of halogens is 1. The molecular weight excluding hydrogens is 410 g/mol. The number of amides is 2. The van der Waals surface area contributed by atoms with Crippen LogP contribution in [0.25, 0.3) is 11.0 Å². The smallest absolute Gasteiger partial charge is 0.321 e. The summed E-state index contributed by atoms with van der Waals surface area (Å²) < 4.78 is 0.771. The van der Waals surface area contributed by atoms with Crippen molar-refractivity contribution in [2.24, 2.45) is 4.99 Å². The van der Waals surface area contributed by atoms with Gasteiger partial charge in [0, 0.05) is 27.7 Å². The van der Waals surface area contributed by atoms with E-state index >= 15 is 0 Å². The fourth-order valence-corrected chi connectivity index (χ4v) is 3.63. The van der Waals surface area contributed by atoms with Crippen LogP contribution in [0.1, 0.15) is 28.4 Å². The Bertz CT molecular complexity index is 1100. The molecule has 0 bridgehead atoms. The van der Waals surface area contributed by atoms with Gasteiger partial charge in [-0.2, -0.15) is 0 Å². The molecule has 4 rings (SSSR count). The van der Waals surface area contributed by atoms with Gasteiger partial charge in [-0.3, -0.25) is 15.1 Å². The van der Waals surface area contributed by atoms with Crippen molar-refractivity contribution in [1.29, 1.82) is 0 Å². The molecule has 0 saturated heterocycles. The zero-order valence-corrected chi connectivity index (χ0v) is 16.1. The van der Waals surface area contributed by atoms with Crippen LogP contribution in [-0.4, -0.2) is 40.6 Å². The molecule has 1 aliphatic rings. The Hall–Kier alpha value is -3.00. The second-order valence-corrected chi connectivity index (χ2v) is 6.91. The highest BCUT2D eigenvalue weighted by atomic mass is 79.9. The fraction of sp³-hybridized carbons (Fsp3) is 0.158. The van der Waals surface area contributed by atoms with Crippen molar-refractivity contribution in [3.8, 4) is 0 Å². The molecule has 0 saturated carbocycles. The van der Waals surface area contributed by atoms with Crippen LogP contribution in [0, 0.1) is 0 Å². The Morgan fingerprint density at radius 1 is 1.26 bits per heavy atom. The molecule has 2 aromatic carbocycles. The van der Waals surface area contributed by atoms with Crippen molar-refractivity contribution in [3.63, 3.8) is 0 Å². The quantitative estimate of drug-likeness (QED) is 0.598. The van der Waals surface area contributed by atoms with Crippen LogP contribution in [0.4, 0.5) is 10.7 Å². The maximum Gasteiger partial charge on any atom is 0.321 e. The minimum absolute atomic E-state index is 0.0180. The first-order chi connectivity index (χ1) is 13.1. The molecule has 0 spiro atoms. The number of hydrogen-bond donors (Lipinski definition) is 3. The summed E-state index contributed by atoms with van der Waals surface area (Å²) in [6.07, 6.45) is 0. The molecular formula is C19H16BrN5O2. The number of fused-ring (bicyclic) bond motifs is 2. The van der Waals surface area contributed by atoms with E-state index in [4.69, 9.17) is 0 Å². The number of aromatic amines is 1. The molecule has 2 amide bonds. The highest BCUT2D eigenvalue weighted by Gasteiger charge is 2.22. The maximum atomic E-state index is 12.1. The van der Waals surface area contributed by atoms with Crippen LogP contribution in [0.5, 0.6) is 0 Å². The molecule has 3 aromatic rings. The van der Waals surface area contributed by atoms with Gasteiger partial charge in [0.05, 0.1) is 11.2 Å². The number of urea groups is 1. The van der Waals surface area contributed by atoms with Crippen LogP contribution in [0.15, 0.2) is 45.9 Å². The van der Waals surface area contributed by atoms with E-state index in [1.807, 2.05) is 43.3 Å². The first kappa shape index (κ1) is 17.4. The average molecular weight is 426 g/mol. The van der Waals surface area contributed by atoms with Gasteiger partial charge in [-0.25, -0.2) is 9.78 Å². The minimum atomic E-state index is -0.322. The molecule has 8 heteroatoms. The van der Waals surface area contributed by atoms with Crippen molar-refractivity contribution < 1.29 is 9.59 Å². The number of benzene rings is 2. The van der Waals surface area contributed by atoms with Gasteiger partial charge in [0.25, 0.3) is 0 Å². The SMILES string of the molecule is CCNC(=O)Nc1nc2c(Br)cc(C3=NCC(=O)c4ccccc43)cc2[nH]1. The number of rotatable bonds is 3. The van der Waals surface area contributed by atoms with Crippen LogP contribution >= 0.6 is 15.9 Å². The summed E-state index contributed by atoms with van der Waals surface area (Å²) in [6.45, 7) is 2.50. The number of hydrogen-bond acceptors (Lipinski definition) is 4. The van der Waals surface area contributed by atoms with Crippen LogP contribution in [-0.2, 0) is 0 Å². The van der Waals surface area contributed by atoms with Crippen molar-refractivity contribution in [3.05, 3.63) is 57.6 Å². The van der Waals surface area contributed by atoms with Gasteiger partial charge in [0.15, 0.2) is 5.78 Å². The Balaban J connectivity index is 1.76. The number of aliphatic imine (C=N–C) groups is 1. The van der Waals surface area contributed by atoms with E-state index in [2.05, 4.69) is 41.5 Å². The molecule has 0 fully saturated rings. The van der Waals surface area contributed by atoms with Crippen molar-refractivity contribution in [1.82, 2.24) is 15.3 Å². The summed E-state index contributed by atoms with van der Waals surface area (Å²) in [6, 6.07) is 11.0. The first-order valence-corrected chi connectivity index (χ1v) is 9.27. The van der Waals surface area contributed by atoms with E-state index in [0.717, 1.165) is 26.8 Å². The van der Waals surface area contributed by atoms with Gasteiger partial charge >= 0.3 is 6.03 Å². The lowest BCUT2D eigenvalue weighted by Crippen LogP contribution is -2.28. The number of aromatic nitrogens is 2. The predicted molar refractivity (Wildman–Crippen MR) is 108 cm³/mol. The van der Waals surface area contributed by atoms with Gasteiger partial charge in [-0.1, -0.05) is 24.3 Å². The highest BCUT2D eigenvalue weighted by molar-refractivity contribution is 9.10. The Morgan fingerprint density at radius 2 is 2.04 bits per heavy atom. The average Bonchev–Trinajstić information content (AvgIpc) is 3.05. The van der Waals surface area contributed by atoms with Crippen molar-refractivity contribution in [2.45, 2.75) is 6.92 Å². The normalized spacial score (nSPS) is 13.3. The number of H-pyrrole nitrogens is 1. The molecule has 2 heterocycles. The second kappa shape index (κ2) is 6.96. The Labute approximate surface area is 163 Å². The summed E-state index contributed by atoms with van der Waals surface area (Å²) in [4.78, 5) is 35.8. The second-order valence-electron chi connectivity index (χ2n) is 6.06. The molecule has 7 nitrogen and oxygen atoms in total. The van der Waals surface area contributed by atoms with E-state index in [-0.39, 0.29) is 18.4 Å². The standard InChI is InChI=1S/C19H16BrN5O2/c1-2-21-19(27)25-18-23-14-8-10(7-13(20)17(14)24-18)16-12-6-4-3-5-11(12)15(26)9-22-16/h3-8H,2,9H2,1H3,(H3,21,23,24,25,27). The number of carbonyl (C=O) groups is 2. The van der Waals surface area contributed by atoms with Crippen LogP contribution in [0.2, 0.25) is 0 Å². The largest absolute Gasteiger partial charge is 0.338 e. The van der Waals surface area contributed by atoms with Crippen LogP contribution in [0.3, 0.4) is 0 Å². The van der Waals surface area contributed by atoms with E-state index in [0.29, 0.717) is 23.6 Å². The van der Waals surface area contributed by atoms with E-state index in [9.17, 15) is 9.59 Å². The van der Waals surface area contributed by atoms with E-state index in [1.54, 1.807) is 0 Å². The third-order valence-corrected chi connectivity index (χ3v) is 4.85. The number of ketones is 1. The number of nitrogens with zero attached hydrogens (tertiary/aromatic N) is 2. The summed E-state index contributed by atoms with van der Waals surface area (Å²) in [5, 5.41) is 5.33. The van der Waals surface area contributed by atoms with Gasteiger partial charge in [-0.05, 0) is 35.0 Å². The number of imidazole rings is 1. The predicted octanol–water partition coefficient (Wildman–Crippen LogP) is 3.50. The molecule has 27 heavy (non-hydrogen) atoms. The Kier molecular flexibility index (Phi) is 4.49. The zero-order valence-electron chi connectivity index (χ0n) is 14.5. The molecule has 136 valence electrons. The van der Waals surface area contributed by atoms with E-state index < -0.39 is 0 Å². The third-order valence-electron chi connectivity index (χ3n) is 4.25. The first-order valence-electron chi connectivity index (χ1n) is 8.48. The molecule has 0 atom stereocenters. The maximum absolute atomic E-state index is 12.1. The molecule has 1 aromatic heterocycles. The summed E-state index contributed by atoms with van der Waals surface area (Å²) in [5.41, 5.74) is 4.58. The molecule has 0 unspecified atom stereocenters. The van der Waals surface area contributed by atoms with Crippen molar-refractivity contribution in [2.75, 3.05) is 18.4 Å². The molecule has 1 aliphatic heterocycles. The fourth-order valence-electron chi connectivity index (χ4n) is 3.08. The lowest BCUT2D eigenvalue weighted by molar-refractivity contribution is 0.1000. The molecule has 0 aliphatic carbocycles. The van der Waals surface area contributed by atoms with Crippen LogP contribution < -0.4 is 10.6 Å². The van der Waals surface area contributed by atoms with Crippen molar-refractivity contribution >= 4 is 50.4 Å². The number of Topliss-reactive ketones (excluding diaryl/α,β-unsaturated/α-hetero) is 1. The lowest BCUT2D eigenvalue weighted by Gasteiger charge is -2.16. The topological polar surface area (TPSA) is 99.2 Å². The molecule has 3 N–H and O–H groups in total. The van der Waals surface area contributed by atoms with Gasteiger partial charge in [0.2, 0.25) is 5.95 Å². The molecule has 0 radical (unpaired) electrons. The summed E-state index contributed by atoms with van der Waals surface area (Å²) in [7, 11) is 0. The minimum Gasteiger partial charge on any atom is -0.338 e. The highest BCUT2D eigenvalue weighted by Crippen LogP contribution is 2.28. The van der Waals surface area contributed by atoms with E-state index in [1.165, 1.54) is 0 Å². The zero-order chi connectivity index (χ0) is 19.0. The number of carbonyl (C=O) groups excluding carboxylic acids is 2. The third kappa shape index (κ3) is 3.23. The monoisotopic (exact) mass is 425 g/mol. The number of nitrogens with one attached hydrogen (secondary N) is 3. The Morgan fingerprint density at radius 3 is 2.81 bits per heavy atom. The number of anilines is 1.